The summed E-state index contributed by atoms with van der Waals surface area (Å²) in [5.41, 5.74) is -0.593. The first-order valence-corrected chi connectivity index (χ1v) is 32.1. The maximum Gasteiger partial charge on any atom is 0.307 e. The number of rotatable bonds is 19. The van der Waals surface area contributed by atoms with E-state index in [0.29, 0.717) is 0 Å². The Balaban J connectivity index is 4.37. The standard InChI is InChI=1S/C65H111N11O15/c1-23-45-57(81)66-34-50(78)73(19)47(31-36(5)6)60(84)71-52(39(11)12)65(89)75(21)48(32-37(7)8)58(82)67-42(16)56(80)68-43(17)63(87)74(20)49(33-38(9)10)59(83)70-46(30-35(3)4)64(88)76(22)54(40(13)14)62(86)72-53(61(85)69-45)55(91-44(18)77)41(15)28-26-25-27-29-51(79)90-24-2/h25-26,35-43,45-49,52,54H,23-24,27-34H2,1-22H3,(H,66,81)(H,67,82)(H,68,80)(H,69,85)(H,70,83)(H,71,84)(H,72,86)/t41-,42+,43-,45+,46+,47+,48-,49+,52+,54+/m1/s1. The third-order valence-electron chi connectivity index (χ3n) is 15.5. The lowest BCUT2D eigenvalue weighted by molar-refractivity contribution is -0.146. The van der Waals surface area contributed by atoms with Crippen LogP contribution in [0, 0.1) is 41.4 Å². The number of amides is 11. The molecule has 0 radical (unpaired) electrons. The van der Waals surface area contributed by atoms with E-state index < -0.39 is 161 Å². The minimum Gasteiger partial charge on any atom is -0.466 e. The van der Waals surface area contributed by atoms with Gasteiger partial charge in [0.05, 0.1) is 13.2 Å². The van der Waals surface area contributed by atoms with Crippen LogP contribution in [0.25, 0.3) is 0 Å². The predicted molar refractivity (Wildman–Crippen MR) is 344 cm³/mol. The number of nitrogens with one attached hydrogen (secondary N) is 7. The van der Waals surface area contributed by atoms with E-state index in [9.17, 15) is 62.3 Å². The van der Waals surface area contributed by atoms with Gasteiger partial charge in [0.1, 0.15) is 65.8 Å². The Hall–Kier alpha value is -7.41. The first-order valence-electron chi connectivity index (χ1n) is 32.1. The summed E-state index contributed by atoms with van der Waals surface area (Å²) in [5.74, 6) is -12.9. The van der Waals surface area contributed by atoms with Crippen LogP contribution in [0.5, 0.6) is 0 Å². The summed E-state index contributed by atoms with van der Waals surface area (Å²) >= 11 is 0. The van der Waals surface area contributed by atoms with Crippen molar-refractivity contribution in [2.45, 2.75) is 230 Å². The Morgan fingerprint density at radius 2 is 1.03 bits per heavy atom. The van der Waals surface area contributed by atoms with Gasteiger partial charge in [0.15, 0.2) is 0 Å². The molecule has 26 nitrogen and oxygen atoms in total. The molecule has 516 valence electrons. The predicted octanol–water partition coefficient (Wildman–Crippen LogP) is 3.61. The van der Waals surface area contributed by atoms with Gasteiger partial charge in [-0.2, -0.15) is 0 Å². The van der Waals surface area contributed by atoms with Crippen LogP contribution >= 0.6 is 0 Å². The maximum atomic E-state index is 15.0. The number of nitrogens with zero attached hydrogens (tertiary/aromatic N) is 4. The van der Waals surface area contributed by atoms with Crippen LogP contribution in [0.15, 0.2) is 23.6 Å². The van der Waals surface area contributed by atoms with Crippen LogP contribution in [0.2, 0.25) is 0 Å². The van der Waals surface area contributed by atoms with Crippen molar-refractivity contribution in [1.29, 1.82) is 0 Å². The highest BCUT2D eigenvalue weighted by Gasteiger charge is 2.41. The molecule has 1 fully saturated rings. The second-order valence-electron chi connectivity index (χ2n) is 26.3. The quantitative estimate of drug-likeness (QED) is 0.0420. The van der Waals surface area contributed by atoms with Crippen LogP contribution < -0.4 is 37.2 Å². The smallest absolute Gasteiger partial charge is 0.307 e. The summed E-state index contributed by atoms with van der Waals surface area (Å²) in [4.78, 5) is 189. The van der Waals surface area contributed by atoms with Crippen molar-refractivity contribution in [3.63, 3.8) is 0 Å². The van der Waals surface area contributed by atoms with Crippen molar-refractivity contribution in [3.8, 4) is 0 Å². The molecule has 0 aliphatic carbocycles. The molecule has 1 rings (SSSR count). The topological polar surface area (TPSA) is 338 Å². The molecule has 91 heavy (non-hydrogen) atoms. The first-order chi connectivity index (χ1) is 42.2. The summed E-state index contributed by atoms with van der Waals surface area (Å²) in [7, 11) is 5.53. The van der Waals surface area contributed by atoms with E-state index in [1.807, 2.05) is 55.4 Å². The molecule has 1 aliphatic heterocycles. The average Bonchev–Trinajstić information content (AvgIpc) is 1.14. The zero-order valence-electron chi connectivity index (χ0n) is 58.4. The van der Waals surface area contributed by atoms with Gasteiger partial charge in [-0.3, -0.25) is 62.3 Å². The number of carbonyl (C=O) groups is 13. The minimum absolute atomic E-state index is 0.0641. The van der Waals surface area contributed by atoms with Gasteiger partial charge in [0.2, 0.25) is 59.1 Å². The number of hydrogen-bond acceptors (Lipinski definition) is 15. The highest BCUT2D eigenvalue weighted by molar-refractivity contribution is 6.03. The van der Waals surface area contributed by atoms with Gasteiger partial charge >= 0.3 is 11.9 Å². The monoisotopic (exact) mass is 1290 g/mol. The van der Waals surface area contributed by atoms with Crippen LogP contribution in [-0.2, 0) is 71.8 Å². The Bertz CT molecular complexity index is 2600. The van der Waals surface area contributed by atoms with Gasteiger partial charge in [0.25, 0.3) is 5.91 Å². The number of hydrogen-bond donors (Lipinski definition) is 7. The Morgan fingerprint density at radius 3 is 1.52 bits per heavy atom. The van der Waals surface area contributed by atoms with E-state index in [1.165, 1.54) is 51.8 Å². The van der Waals surface area contributed by atoms with Crippen LogP contribution in [0.1, 0.15) is 176 Å². The second kappa shape index (κ2) is 39.1. The lowest BCUT2D eigenvalue weighted by Crippen LogP contribution is -2.61. The molecule has 10 atom stereocenters. The molecule has 0 aromatic heterocycles. The summed E-state index contributed by atoms with van der Waals surface area (Å²) in [6, 6.07) is -11.3. The van der Waals surface area contributed by atoms with E-state index in [0.717, 1.165) is 16.7 Å². The average molecular weight is 1290 g/mol. The summed E-state index contributed by atoms with van der Waals surface area (Å²) in [5, 5.41) is 18.8. The molecule has 26 heteroatoms. The fraction of sp³-hybridized carbons (Fsp3) is 0.738. The van der Waals surface area contributed by atoms with E-state index >= 15 is 0 Å². The molecule has 0 unspecified atom stereocenters. The normalized spacial score (nSPS) is 24.8. The number of allylic oxidation sites excluding steroid dienone is 3. The lowest BCUT2D eigenvalue weighted by Gasteiger charge is -2.36. The van der Waals surface area contributed by atoms with Crippen molar-refractivity contribution in [2.24, 2.45) is 41.4 Å². The largest absolute Gasteiger partial charge is 0.466 e. The van der Waals surface area contributed by atoms with Gasteiger partial charge in [-0.15, -0.1) is 0 Å². The molecular weight excluding hydrogens is 1170 g/mol. The van der Waals surface area contributed by atoms with Crippen molar-refractivity contribution in [2.75, 3.05) is 41.3 Å². The van der Waals surface area contributed by atoms with Crippen LogP contribution in [0.4, 0.5) is 0 Å². The minimum atomic E-state index is -1.40. The van der Waals surface area contributed by atoms with Gasteiger partial charge < -0.3 is 66.3 Å². The zero-order chi connectivity index (χ0) is 70.1. The van der Waals surface area contributed by atoms with Crippen molar-refractivity contribution in [3.05, 3.63) is 23.6 Å². The third-order valence-corrected chi connectivity index (χ3v) is 15.5. The SMILES string of the molecule is CCOC(=O)CCC=CC[C@@H](C)C(OC(C)=O)=C1NC(=O)[C@H](C(C)C)N(C)C(=O)[C@H](CC(C)C)NC(=O)[C@H](CC(C)C)N(C)C(=O)[C@@H](C)NC(=O)[C@H](C)NC(=O)[C@@H](CC(C)C)N(C)C(=O)[C@H](C(C)C)NC(=O)[C@H](CC(C)C)N(C)C(=O)CNC(=O)[C@H](CC)NC1=O. The number of esters is 2. The van der Waals surface area contributed by atoms with E-state index in [2.05, 4.69) is 37.2 Å². The van der Waals surface area contributed by atoms with E-state index in [-0.39, 0.29) is 87.4 Å². The van der Waals surface area contributed by atoms with Gasteiger partial charge in [-0.25, -0.2) is 0 Å². The molecular formula is C65H111N11O15. The second-order valence-corrected chi connectivity index (χ2v) is 26.3. The highest BCUT2D eigenvalue weighted by atomic mass is 16.5. The molecule has 0 aromatic rings. The van der Waals surface area contributed by atoms with E-state index in [1.54, 1.807) is 60.6 Å². The highest BCUT2D eigenvalue weighted by Crippen LogP contribution is 2.24. The summed E-state index contributed by atoms with van der Waals surface area (Å²) in [6.45, 7) is 29.7. The van der Waals surface area contributed by atoms with Gasteiger partial charge in [-0.1, -0.05) is 109 Å². The molecule has 0 spiro atoms. The van der Waals surface area contributed by atoms with Gasteiger partial charge in [-0.05, 0) is 101 Å². The molecule has 7 N–H and O–H groups in total. The molecule has 1 aliphatic rings. The maximum absolute atomic E-state index is 15.0. The van der Waals surface area contributed by atoms with Crippen molar-refractivity contribution >= 4 is 76.9 Å². The Morgan fingerprint density at radius 1 is 0.538 bits per heavy atom. The Labute approximate surface area is 540 Å². The fourth-order valence-corrected chi connectivity index (χ4v) is 10.4. The third kappa shape index (κ3) is 26.4. The van der Waals surface area contributed by atoms with Crippen molar-refractivity contribution < 1.29 is 71.8 Å². The molecule has 0 aromatic carbocycles. The molecule has 0 saturated carbocycles. The molecule has 0 bridgehead atoms. The summed E-state index contributed by atoms with van der Waals surface area (Å²) < 4.78 is 10.8. The fourth-order valence-electron chi connectivity index (χ4n) is 10.4. The molecule has 1 saturated heterocycles. The molecule has 1 heterocycles. The van der Waals surface area contributed by atoms with Crippen LogP contribution in [0.3, 0.4) is 0 Å². The van der Waals surface area contributed by atoms with Gasteiger partial charge in [0, 0.05) is 47.5 Å². The zero-order valence-corrected chi connectivity index (χ0v) is 58.4. The first kappa shape index (κ1) is 81.6. The number of ether oxygens (including phenoxy) is 2. The number of carbonyl (C=O) groups excluding carboxylic acids is 13. The summed E-state index contributed by atoms with van der Waals surface area (Å²) in [6.07, 6.45) is 4.20. The number of likely N-dealkylation sites (N-methyl/N-ethyl adjacent to an activating group) is 4. The molecule has 11 amide bonds. The van der Waals surface area contributed by atoms with Crippen molar-refractivity contribution in [1.82, 2.24) is 56.8 Å². The Kier molecular flexibility index (Phi) is 35.1. The van der Waals surface area contributed by atoms with E-state index in [4.69, 9.17) is 9.47 Å². The van der Waals surface area contributed by atoms with Crippen LogP contribution in [-0.4, -0.2) is 192 Å². The lowest BCUT2D eigenvalue weighted by atomic mass is 9.96.